The Hall–Kier alpha value is -1.76. The molecule has 5 nitrogen and oxygen atoms in total. The minimum absolute atomic E-state index is 0.155. The van der Waals surface area contributed by atoms with Crippen molar-refractivity contribution in [3.05, 3.63) is 45.8 Å². The van der Waals surface area contributed by atoms with Gasteiger partial charge in [-0.2, -0.15) is 4.98 Å². The zero-order valence-corrected chi connectivity index (χ0v) is 11.7. The number of hydrogen-bond donors (Lipinski definition) is 1. The predicted octanol–water partition coefficient (Wildman–Crippen LogP) is 2.25. The average molecular weight is 328 g/mol. The van der Waals surface area contributed by atoms with Gasteiger partial charge in [0.05, 0.1) is 10.0 Å². The summed E-state index contributed by atoms with van der Waals surface area (Å²) >= 11 is 3.05. The van der Waals surface area contributed by atoms with Crippen LogP contribution in [0, 0.1) is 12.7 Å². The monoisotopic (exact) mass is 327 g/mol. The van der Waals surface area contributed by atoms with Crippen molar-refractivity contribution in [1.82, 2.24) is 15.5 Å². The Kier molecular flexibility index (Phi) is 4.26. The van der Waals surface area contributed by atoms with Crippen LogP contribution < -0.4 is 5.32 Å². The minimum Gasteiger partial charge on any atom is -0.352 e. The lowest BCUT2D eigenvalue weighted by Crippen LogP contribution is -2.26. The predicted molar refractivity (Wildman–Crippen MR) is 69.2 cm³/mol. The summed E-state index contributed by atoms with van der Waals surface area (Å²) in [6.07, 6.45) is 0.454. The molecule has 1 amide bonds. The van der Waals surface area contributed by atoms with Crippen molar-refractivity contribution in [3.8, 4) is 0 Å². The molecule has 0 aliphatic heterocycles. The maximum atomic E-state index is 13.3. The second kappa shape index (κ2) is 5.92. The highest BCUT2D eigenvalue weighted by Crippen LogP contribution is 2.20. The second-order valence-electron chi connectivity index (χ2n) is 3.84. The molecule has 2 rings (SSSR count). The Balaban J connectivity index is 1.93. The summed E-state index contributed by atoms with van der Waals surface area (Å²) in [5.41, 5.74) is 0.254. The number of aryl methyl sites for hydroxylation is 1. The molecule has 0 bridgehead atoms. The summed E-state index contributed by atoms with van der Waals surface area (Å²) in [6, 6.07) is 4.31. The van der Waals surface area contributed by atoms with Gasteiger partial charge in [0.1, 0.15) is 5.82 Å². The lowest BCUT2D eigenvalue weighted by Gasteiger charge is -2.06. The topological polar surface area (TPSA) is 68.0 Å². The molecule has 0 aliphatic carbocycles. The molecule has 0 fully saturated rings. The number of carbonyl (C=O) groups is 1. The van der Waals surface area contributed by atoms with Crippen molar-refractivity contribution in [3.63, 3.8) is 0 Å². The van der Waals surface area contributed by atoms with Gasteiger partial charge >= 0.3 is 0 Å². The fourth-order valence-corrected chi connectivity index (χ4v) is 1.95. The summed E-state index contributed by atoms with van der Waals surface area (Å²) in [5.74, 6) is 0.179. The molecule has 0 spiro atoms. The van der Waals surface area contributed by atoms with Crippen LogP contribution in [0.25, 0.3) is 0 Å². The zero-order valence-electron chi connectivity index (χ0n) is 10.1. The maximum Gasteiger partial charge on any atom is 0.252 e. The molecule has 7 heteroatoms. The molecule has 0 radical (unpaired) electrons. The molecule has 1 heterocycles. The van der Waals surface area contributed by atoms with Gasteiger partial charge < -0.3 is 9.84 Å². The van der Waals surface area contributed by atoms with Crippen LogP contribution >= 0.6 is 15.9 Å². The first-order chi connectivity index (χ1) is 9.08. The van der Waals surface area contributed by atoms with Gasteiger partial charge in [-0.25, -0.2) is 4.39 Å². The summed E-state index contributed by atoms with van der Waals surface area (Å²) in [4.78, 5) is 15.9. The van der Waals surface area contributed by atoms with Gasteiger partial charge in [0.2, 0.25) is 5.89 Å². The molecule has 0 saturated carbocycles. The Bertz CT molecular complexity index is 600. The average Bonchev–Trinajstić information content (AvgIpc) is 2.78. The first-order valence-corrected chi connectivity index (χ1v) is 6.38. The van der Waals surface area contributed by atoms with E-state index in [4.69, 9.17) is 4.52 Å². The Morgan fingerprint density at radius 2 is 2.32 bits per heavy atom. The summed E-state index contributed by atoms with van der Waals surface area (Å²) < 4.78 is 18.2. The quantitative estimate of drug-likeness (QED) is 0.935. The lowest BCUT2D eigenvalue weighted by molar-refractivity contribution is 0.0952. The molecule has 1 aromatic carbocycles. The normalized spacial score (nSPS) is 10.5. The van der Waals surface area contributed by atoms with Gasteiger partial charge in [-0.15, -0.1) is 0 Å². The van der Waals surface area contributed by atoms with Crippen molar-refractivity contribution in [2.24, 2.45) is 0 Å². The lowest BCUT2D eigenvalue weighted by atomic mass is 10.2. The van der Waals surface area contributed by atoms with E-state index in [1.54, 1.807) is 13.0 Å². The van der Waals surface area contributed by atoms with E-state index in [1.165, 1.54) is 12.1 Å². The van der Waals surface area contributed by atoms with Gasteiger partial charge in [-0.05, 0) is 28.1 Å². The van der Waals surface area contributed by atoms with Crippen LogP contribution in [0.5, 0.6) is 0 Å². The van der Waals surface area contributed by atoms with E-state index in [-0.39, 0.29) is 15.9 Å². The number of nitrogens with one attached hydrogen (secondary N) is 1. The van der Waals surface area contributed by atoms with E-state index in [9.17, 15) is 9.18 Å². The summed E-state index contributed by atoms with van der Waals surface area (Å²) in [5, 5.41) is 6.38. The number of halogens is 2. The van der Waals surface area contributed by atoms with Crippen molar-refractivity contribution in [2.45, 2.75) is 13.3 Å². The van der Waals surface area contributed by atoms with E-state index in [2.05, 4.69) is 31.4 Å². The van der Waals surface area contributed by atoms with E-state index >= 15 is 0 Å². The van der Waals surface area contributed by atoms with Crippen LogP contribution in [-0.4, -0.2) is 22.6 Å². The SMILES string of the molecule is Cc1nc(CCNC(=O)c2cccc(F)c2Br)no1. The molecule has 1 N–H and O–H groups in total. The van der Waals surface area contributed by atoms with Gasteiger partial charge in [0, 0.05) is 19.9 Å². The zero-order chi connectivity index (χ0) is 13.8. The molecule has 0 atom stereocenters. The molecule has 1 aromatic heterocycles. The fourth-order valence-electron chi connectivity index (χ4n) is 1.51. The van der Waals surface area contributed by atoms with Crippen LogP contribution in [0.2, 0.25) is 0 Å². The first kappa shape index (κ1) is 13.7. The molecule has 100 valence electrons. The van der Waals surface area contributed by atoms with Crippen molar-refractivity contribution >= 4 is 21.8 Å². The smallest absolute Gasteiger partial charge is 0.252 e. The van der Waals surface area contributed by atoms with E-state index in [1.807, 2.05) is 0 Å². The van der Waals surface area contributed by atoms with Crippen LogP contribution in [-0.2, 0) is 6.42 Å². The molecule has 0 unspecified atom stereocenters. The van der Waals surface area contributed by atoms with Crippen LogP contribution in [0.1, 0.15) is 22.1 Å². The third kappa shape index (κ3) is 3.37. The Morgan fingerprint density at radius 3 is 3.00 bits per heavy atom. The fraction of sp³-hybridized carbons (Fsp3) is 0.250. The third-order valence-electron chi connectivity index (χ3n) is 2.40. The van der Waals surface area contributed by atoms with Crippen molar-refractivity contribution in [2.75, 3.05) is 6.54 Å². The van der Waals surface area contributed by atoms with Crippen molar-refractivity contribution in [1.29, 1.82) is 0 Å². The second-order valence-corrected chi connectivity index (χ2v) is 4.63. The largest absolute Gasteiger partial charge is 0.352 e. The number of amides is 1. The number of aromatic nitrogens is 2. The minimum atomic E-state index is -0.471. The number of carbonyl (C=O) groups excluding carboxylic acids is 1. The third-order valence-corrected chi connectivity index (χ3v) is 3.21. The summed E-state index contributed by atoms with van der Waals surface area (Å²) in [6.45, 7) is 2.04. The van der Waals surface area contributed by atoms with Gasteiger partial charge in [0.25, 0.3) is 5.91 Å². The van der Waals surface area contributed by atoms with Crippen molar-refractivity contribution < 1.29 is 13.7 Å². The van der Waals surface area contributed by atoms with Gasteiger partial charge in [-0.1, -0.05) is 11.2 Å². The van der Waals surface area contributed by atoms with Gasteiger partial charge in [0.15, 0.2) is 5.82 Å². The highest BCUT2D eigenvalue weighted by atomic mass is 79.9. The molecule has 0 aliphatic rings. The number of nitrogens with zero attached hydrogens (tertiary/aromatic N) is 2. The van der Waals surface area contributed by atoms with Crippen LogP contribution in [0.3, 0.4) is 0 Å². The number of hydrogen-bond acceptors (Lipinski definition) is 4. The molecule has 19 heavy (non-hydrogen) atoms. The van der Waals surface area contributed by atoms with E-state index < -0.39 is 5.82 Å². The van der Waals surface area contributed by atoms with E-state index in [0.717, 1.165) is 0 Å². The Morgan fingerprint density at radius 1 is 1.53 bits per heavy atom. The highest BCUT2D eigenvalue weighted by Gasteiger charge is 2.12. The molecule has 2 aromatic rings. The van der Waals surface area contributed by atoms with E-state index in [0.29, 0.717) is 24.7 Å². The molecular formula is C12H11BrFN3O2. The number of benzene rings is 1. The standard InChI is InChI=1S/C12H11BrFN3O2/c1-7-16-10(17-19-7)5-6-15-12(18)8-3-2-4-9(14)11(8)13/h2-4H,5-6H2,1H3,(H,15,18). The maximum absolute atomic E-state index is 13.3. The molecule has 0 saturated heterocycles. The summed E-state index contributed by atoms with van der Waals surface area (Å²) in [7, 11) is 0. The van der Waals surface area contributed by atoms with Crippen LogP contribution in [0.15, 0.2) is 27.2 Å². The van der Waals surface area contributed by atoms with Gasteiger partial charge in [-0.3, -0.25) is 4.79 Å². The van der Waals surface area contributed by atoms with Crippen LogP contribution in [0.4, 0.5) is 4.39 Å². The molecular weight excluding hydrogens is 317 g/mol. The number of rotatable bonds is 4. The first-order valence-electron chi connectivity index (χ1n) is 5.59. The highest BCUT2D eigenvalue weighted by molar-refractivity contribution is 9.10. The Labute approximate surface area is 117 Å².